The first kappa shape index (κ1) is 15.5. The van der Waals surface area contributed by atoms with Crippen molar-refractivity contribution in [2.24, 2.45) is 5.84 Å². The third-order valence-corrected chi connectivity index (χ3v) is 3.72. The number of rotatable bonds is 9. The van der Waals surface area contributed by atoms with Crippen LogP contribution < -0.4 is 16.6 Å². The maximum absolute atomic E-state index is 5.27. The summed E-state index contributed by atoms with van der Waals surface area (Å²) in [6.07, 6.45) is 8.83. The van der Waals surface area contributed by atoms with Gasteiger partial charge in [0.25, 0.3) is 0 Å². The standard InChI is InChI=1S/C11H20BrN5S/c1-18-7-5-3-2-4-6-14-10-9(12)8-15-11(16-10)17-13/h8H,2-7,13H2,1H3,(H2,14,15,16,17). The molecule has 0 aliphatic carbocycles. The molecule has 5 nitrogen and oxygen atoms in total. The second kappa shape index (κ2) is 9.41. The van der Waals surface area contributed by atoms with Gasteiger partial charge in [0, 0.05) is 12.7 Å². The molecule has 0 atom stereocenters. The van der Waals surface area contributed by atoms with Crippen molar-refractivity contribution < 1.29 is 0 Å². The Morgan fingerprint density at radius 2 is 2.11 bits per heavy atom. The summed E-state index contributed by atoms with van der Waals surface area (Å²) >= 11 is 5.31. The van der Waals surface area contributed by atoms with Crippen molar-refractivity contribution in [1.29, 1.82) is 0 Å². The molecule has 0 saturated carbocycles. The van der Waals surface area contributed by atoms with E-state index >= 15 is 0 Å². The van der Waals surface area contributed by atoms with Gasteiger partial charge in [0.05, 0.1) is 4.47 Å². The van der Waals surface area contributed by atoms with Gasteiger partial charge in [-0.05, 0) is 40.8 Å². The number of nitrogen functional groups attached to an aromatic ring is 1. The summed E-state index contributed by atoms with van der Waals surface area (Å²) < 4.78 is 0.851. The Morgan fingerprint density at radius 1 is 1.33 bits per heavy atom. The molecule has 4 N–H and O–H groups in total. The zero-order chi connectivity index (χ0) is 13.2. The van der Waals surface area contributed by atoms with Crippen LogP contribution in [0.5, 0.6) is 0 Å². The summed E-state index contributed by atoms with van der Waals surface area (Å²) in [6.45, 7) is 0.916. The highest BCUT2D eigenvalue weighted by Gasteiger charge is 2.03. The Balaban J connectivity index is 2.22. The first-order chi connectivity index (χ1) is 8.77. The van der Waals surface area contributed by atoms with Gasteiger partial charge in [-0.1, -0.05) is 12.8 Å². The van der Waals surface area contributed by atoms with Crippen LogP contribution in [0.3, 0.4) is 0 Å². The number of thioether (sulfide) groups is 1. The lowest BCUT2D eigenvalue weighted by molar-refractivity contribution is 0.688. The van der Waals surface area contributed by atoms with E-state index in [-0.39, 0.29) is 0 Å². The Bertz CT molecular complexity index is 350. The molecule has 1 aromatic heterocycles. The normalized spacial score (nSPS) is 10.4. The lowest BCUT2D eigenvalue weighted by Crippen LogP contribution is -2.12. The average Bonchev–Trinajstić information content (AvgIpc) is 2.39. The smallest absolute Gasteiger partial charge is 0.239 e. The van der Waals surface area contributed by atoms with Gasteiger partial charge in [0.1, 0.15) is 5.82 Å². The summed E-state index contributed by atoms with van der Waals surface area (Å²) in [6, 6.07) is 0. The molecule has 0 fully saturated rings. The zero-order valence-electron chi connectivity index (χ0n) is 10.6. The fourth-order valence-corrected chi connectivity index (χ4v) is 2.32. The van der Waals surface area contributed by atoms with E-state index in [0.29, 0.717) is 5.95 Å². The molecule has 0 bridgehead atoms. The molecule has 0 unspecified atom stereocenters. The van der Waals surface area contributed by atoms with Gasteiger partial charge in [-0.3, -0.25) is 5.43 Å². The maximum atomic E-state index is 5.27. The molecule has 0 aliphatic rings. The summed E-state index contributed by atoms with van der Waals surface area (Å²) in [4.78, 5) is 8.23. The number of nitrogens with two attached hydrogens (primary N) is 1. The van der Waals surface area contributed by atoms with Gasteiger partial charge >= 0.3 is 0 Å². The van der Waals surface area contributed by atoms with Crippen molar-refractivity contribution in [1.82, 2.24) is 9.97 Å². The predicted octanol–water partition coefficient (Wildman–Crippen LogP) is 2.86. The van der Waals surface area contributed by atoms with Crippen molar-refractivity contribution in [3.63, 3.8) is 0 Å². The van der Waals surface area contributed by atoms with Crippen molar-refractivity contribution in [3.8, 4) is 0 Å². The number of halogens is 1. The Morgan fingerprint density at radius 3 is 2.83 bits per heavy atom. The molecule has 0 amide bonds. The number of aromatic nitrogens is 2. The van der Waals surface area contributed by atoms with E-state index in [2.05, 4.69) is 42.9 Å². The van der Waals surface area contributed by atoms with Crippen LogP contribution in [-0.4, -0.2) is 28.5 Å². The number of hydrazine groups is 1. The molecule has 1 aromatic rings. The summed E-state index contributed by atoms with van der Waals surface area (Å²) in [5, 5.41) is 3.28. The van der Waals surface area contributed by atoms with Crippen molar-refractivity contribution in [2.75, 3.05) is 29.3 Å². The van der Waals surface area contributed by atoms with Crippen LogP contribution >= 0.6 is 27.7 Å². The lowest BCUT2D eigenvalue weighted by atomic mass is 10.2. The fraction of sp³-hybridized carbons (Fsp3) is 0.636. The van der Waals surface area contributed by atoms with Crippen LogP contribution in [0.25, 0.3) is 0 Å². The van der Waals surface area contributed by atoms with E-state index in [1.54, 1.807) is 6.20 Å². The first-order valence-electron chi connectivity index (χ1n) is 6.00. The number of hydrogen-bond donors (Lipinski definition) is 3. The van der Waals surface area contributed by atoms with Gasteiger partial charge < -0.3 is 5.32 Å². The number of nitrogens with one attached hydrogen (secondary N) is 2. The van der Waals surface area contributed by atoms with Gasteiger partial charge in [-0.2, -0.15) is 16.7 Å². The van der Waals surface area contributed by atoms with Gasteiger partial charge in [-0.25, -0.2) is 10.8 Å². The summed E-state index contributed by atoms with van der Waals surface area (Å²) in [7, 11) is 0. The number of nitrogens with zero attached hydrogens (tertiary/aromatic N) is 2. The predicted molar refractivity (Wildman–Crippen MR) is 82.9 cm³/mol. The van der Waals surface area contributed by atoms with Crippen molar-refractivity contribution >= 4 is 39.5 Å². The minimum Gasteiger partial charge on any atom is -0.369 e. The van der Waals surface area contributed by atoms with Crippen molar-refractivity contribution in [2.45, 2.75) is 25.7 Å². The van der Waals surface area contributed by atoms with Gasteiger partial charge in [-0.15, -0.1) is 0 Å². The quantitative estimate of drug-likeness (QED) is 0.366. The second-order valence-corrected chi connectivity index (χ2v) is 5.71. The molecule has 102 valence electrons. The number of unbranched alkanes of at least 4 members (excludes halogenated alkanes) is 3. The topological polar surface area (TPSA) is 75.9 Å². The van der Waals surface area contributed by atoms with E-state index in [1.165, 1.54) is 25.0 Å². The van der Waals surface area contributed by atoms with Gasteiger partial charge in [0.15, 0.2) is 0 Å². The highest BCUT2D eigenvalue weighted by atomic mass is 79.9. The molecule has 7 heteroatoms. The maximum Gasteiger partial charge on any atom is 0.239 e. The molecule has 0 spiro atoms. The second-order valence-electron chi connectivity index (χ2n) is 3.87. The van der Waals surface area contributed by atoms with E-state index in [0.717, 1.165) is 23.3 Å². The van der Waals surface area contributed by atoms with Crippen LogP contribution in [-0.2, 0) is 0 Å². The minimum atomic E-state index is 0.417. The van der Waals surface area contributed by atoms with Crippen LogP contribution in [0.1, 0.15) is 25.7 Å². The Kier molecular flexibility index (Phi) is 8.11. The fourth-order valence-electron chi connectivity index (χ4n) is 1.49. The lowest BCUT2D eigenvalue weighted by Gasteiger charge is -2.08. The molecule has 0 radical (unpaired) electrons. The number of hydrogen-bond acceptors (Lipinski definition) is 6. The van der Waals surface area contributed by atoms with Crippen LogP contribution in [0.4, 0.5) is 11.8 Å². The van der Waals surface area contributed by atoms with Gasteiger partial charge in [0.2, 0.25) is 5.95 Å². The molecule has 0 saturated heterocycles. The molecule has 0 aromatic carbocycles. The van der Waals surface area contributed by atoms with Crippen LogP contribution in [0.2, 0.25) is 0 Å². The Labute approximate surface area is 121 Å². The largest absolute Gasteiger partial charge is 0.369 e. The molecular weight excluding hydrogens is 314 g/mol. The van der Waals surface area contributed by atoms with E-state index in [1.807, 2.05) is 11.8 Å². The molecule has 1 heterocycles. The van der Waals surface area contributed by atoms with E-state index in [4.69, 9.17) is 5.84 Å². The van der Waals surface area contributed by atoms with E-state index < -0.39 is 0 Å². The Hall–Kier alpha value is -0.530. The molecule has 18 heavy (non-hydrogen) atoms. The summed E-state index contributed by atoms with van der Waals surface area (Å²) in [5.41, 5.74) is 2.43. The monoisotopic (exact) mass is 333 g/mol. The minimum absolute atomic E-state index is 0.417. The molecule has 0 aliphatic heterocycles. The van der Waals surface area contributed by atoms with Crippen molar-refractivity contribution in [3.05, 3.63) is 10.7 Å². The van der Waals surface area contributed by atoms with E-state index in [9.17, 15) is 0 Å². The third-order valence-electron chi connectivity index (χ3n) is 2.44. The molecular formula is C11H20BrN5S. The average molecular weight is 334 g/mol. The molecule has 1 rings (SSSR count). The first-order valence-corrected chi connectivity index (χ1v) is 8.18. The highest BCUT2D eigenvalue weighted by Crippen LogP contribution is 2.19. The van der Waals surface area contributed by atoms with Crippen LogP contribution in [0, 0.1) is 0 Å². The SMILES string of the molecule is CSCCCCCCNc1nc(NN)ncc1Br. The van der Waals surface area contributed by atoms with Crippen LogP contribution in [0.15, 0.2) is 10.7 Å². The summed E-state index contributed by atoms with van der Waals surface area (Å²) in [5.74, 6) is 7.73. The number of anilines is 2. The third kappa shape index (κ3) is 5.88. The highest BCUT2D eigenvalue weighted by molar-refractivity contribution is 9.10. The zero-order valence-corrected chi connectivity index (χ0v) is 13.0.